The minimum absolute atomic E-state index is 0.465. The van der Waals surface area contributed by atoms with Gasteiger partial charge < -0.3 is 5.32 Å². The molecular formula is C13H19Br2N. The van der Waals surface area contributed by atoms with E-state index in [-0.39, 0.29) is 0 Å². The molecule has 0 saturated heterocycles. The van der Waals surface area contributed by atoms with Crippen molar-refractivity contribution in [3.05, 3.63) is 32.7 Å². The van der Waals surface area contributed by atoms with E-state index in [0.717, 1.165) is 11.0 Å². The normalized spacial score (nSPS) is 12.8. The van der Waals surface area contributed by atoms with Gasteiger partial charge in [-0.1, -0.05) is 64.6 Å². The summed E-state index contributed by atoms with van der Waals surface area (Å²) in [6.45, 7) is 5.40. The molecule has 0 amide bonds. The van der Waals surface area contributed by atoms with Crippen LogP contribution in [0.3, 0.4) is 0 Å². The summed E-state index contributed by atoms with van der Waals surface area (Å²) in [5.74, 6) is 0. The van der Waals surface area contributed by atoms with Gasteiger partial charge >= 0.3 is 0 Å². The lowest BCUT2D eigenvalue weighted by Crippen LogP contribution is -2.21. The molecule has 1 aromatic rings. The third kappa shape index (κ3) is 4.19. The predicted molar refractivity (Wildman–Crippen MR) is 77.8 cm³/mol. The summed E-state index contributed by atoms with van der Waals surface area (Å²) in [6, 6.07) is 6.88. The number of benzene rings is 1. The number of rotatable bonds is 6. The number of hydrogen-bond acceptors (Lipinski definition) is 1. The molecule has 1 nitrogen and oxygen atoms in total. The van der Waals surface area contributed by atoms with Crippen LogP contribution in [0.15, 0.2) is 27.1 Å². The molecule has 90 valence electrons. The molecule has 0 fully saturated rings. The molecule has 0 bridgehead atoms. The molecule has 0 heterocycles. The minimum atomic E-state index is 0.465. The zero-order chi connectivity index (χ0) is 12.0. The van der Waals surface area contributed by atoms with Gasteiger partial charge in [-0.25, -0.2) is 0 Å². The van der Waals surface area contributed by atoms with Crippen molar-refractivity contribution in [3.8, 4) is 0 Å². The second-order valence-electron chi connectivity index (χ2n) is 3.92. The van der Waals surface area contributed by atoms with Crippen molar-refractivity contribution >= 4 is 31.9 Å². The number of halogens is 2. The van der Waals surface area contributed by atoms with Gasteiger partial charge in [0.25, 0.3) is 0 Å². The zero-order valence-electron chi connectivity index (χ0n) is 9.89. The van der Waals surface area contributed by atoms with Crippen molar-refractivity contribution < 1.29 is 0 Å². The Morgan fingerprint density at radius 2 is 2.00 bits per heavy atom. The van der Waals surface area contributed by atoms with Gasteiger partial charge in [0.15, 0.2) is 0 Å². The summed E-state index contributed by atoms with van der Waals surface area (Å²) in [5, 5.41) is 3.55. The molecule has 0 aliphatic carbocycles. The summed E-state index contributed by atoms with van der Waals surface area (Å²) in [6.07, 6.45) is 3.71. The molecule has 1 aromatic carbocycles. The highest BCUT2D eigenvalue weighted by atomic mass is 79.9. The van der Waals surface area contributed by atoms with Crippen LogP contribution in [-0.2, 0) is 0 Å². The van der Waals surface area contributed by atoms with Crippen molar-refractivity contribution in [2.75, 3.05) is 6.54 Å². The van der Waals surface area contributed by atoms with Crippen LogP contribution in [0.5, 0.6) is 0 Å². The van der Waals surface area contributed by atoms with E-state index in [9.17, 15) is 0 Å². The summed E-state index contributed by atoms with van der Waals surface area (Å²) in [4.78, 5) is 0. The van der Waals surface area contributed by atoms with Crippen molar-refractivity contribution in [1.29, 1.82) is 0 Å². The molecule has 1 atom stereocenters. The van der Waals surface area contributed by atoms with Gasteiger partial charge in [-0.05, 0) is 30.7 Å². The van der Waals surface area contributed by atoms with Gasteiger partial charge in [-0.2, -0.15) is 0 Å². The van der Waals surface area contributed by atoms with Gasteiger partial charge in [-0.15, -0.1) is 0 Å². The highest BCUT2D eigenvalue weighted by molar-refractivity contribution is 9.11. The van der Waals surface area contributed by atoms with Crippen LogP contribution in [0.4, 0.5) is 0 Å². The first-order chi connectivity index (χ1) is 7.69. The fourth-order valence-corrected chi connectivity index (χ4v) is 3.13. The Hall–Kier alpha value is 0.140. The largest absolute Gasteiger partial charge is 0.310 e. The van der Waals surface area contributed by atoms with E-state index in [1.165, 1.54) is 29.3 Å². The van der Waals surface area contributed by atoms with Crippen molar-refractivity contribution in [3.63, 3.8) is 0 Å². The average molecular weight is 349 g/mol. The quantitative estimate of drug-likeness (QED) is 0.758. The lowest BCUT2D eigenvalue weighted by Gasteiger charge is -2.19. The van der Waals surface area contributed by atoms with E-state index >= 15 is 0 Å². The molecule has 16 heavy (non-hydrogen) atoms. The standard InChI is InChI=1S/C13H19Br2N/c1-3-5-6-13(16-4-2)11-8-7-10(14)9-12(11)15/h7-9,13,16H,3-6H2,1-2H3. The third-order valence-corrected chi connectivity index (χ3v) is 3.81. The van der Waals surface area contributed by atoms with E-state index in [0.29, 0.717) is 6.04 Å². The lowest BCUT2D eigenvalue weighted by atomic mass is 10.0. The fourth-order valence-electron chi connectivity index (χ4n) is 1.81. The molecule has 1 N–H and O–H groups in total. The first-order valence-electron chi connectivity index (χ1n) is 5.87. The molecule has 0 saturated carbocycles. The first kappa shape index (κ1) is 14.2. The lowest BCUT2D eigenvalue weighted by molar-refractivity contribution is 0.493. The van der Waals surface area contributed by atoms with Crippen molar-refractivity contribution in [1.82, 2.24) is 5.32 Å². The Morgan fingerprint density at radius 3 is 2.56 bits per heavy atom. The van der Waals surface area contributed by atoms with Crippen molar-refractivity contribution in [2.24, 2.45) is 0 Å². The number of hydrogen-bond donors (Lipinski definition) is 1. The Kier molecular flexibility index (Phi) is 6.62. The van der Waals surface area contributed by atoms with Crippen LogP contribution in [-0.4, -0.2) is 6.54 Å². The molecular weight excluding hydrogens is 330 g/mol. The maximum atomic E-state index is 3.64. The summed E-state index contributed by atoms with van der Waals surface area (Å²) >= 11 is 7.13. The van der Waals surface area contributed by atoms with E-state index in [1.807, 2.05) is 0 Å². The third-order valence-electron chi connectivity index (χ3n) is 2.63. The Labute approximate surface area is 115 Å². The van der Waals surface area contributed by atoms with Crippen LogP contribution in [0.25, 0.3) is 0 Å². The predicted octanol–water partition coefficient (Wildman–Crippen LogP) is 5.05. The molecule has 1 rings (SSSR count). The number of nitrogens with one attached hydrogen (secondary N) is 1. The molecule has 3 heteroatoms. The topological polar surface area (TPSA) is 12.0 Å². The Balaban J connectivity index is 2.82. The van der Waals surface area contributed by atoms with E-state index in [2.05, 4.69) is 69.2 Å². The van der Waals surface area contributed by atoms with Crippen LogP contribution in [0.1, 0.15) is 44.7 Å². The highest BCUT2D eigenvalue weighted by Crippen LogP contribution is 2.29. The van der Waals surface area contributed by atoms with Gasteiger partial charge in [-0.3, -0.25) is 0 Å². The van der Waals surface area contributed by atoms with Crippen LogP contribution >= 0.6 is 31.9 Å². The van der Waals surface area contributed by atoms with Gasteiger partial charge in [0.05, 0.1) is 0 Å². The smallest absolute Gasteiger partial charge is 0.0331 e. The summed E-state index contributed by atoms with van der Waals surface area (Å²) in [5.41, 5.74) is 1.36. The molecule has 0 radical (unpaired) electrons. The minimum Gasteiger partial charge on any atom is -0.310 e. The second kappa shape index (κ2) is 7.46. The maximum Gasteiger partial charge on any atom is 0.0331 e. The van der Waals surface area contributed by atoms with Gasteiger partial charge in [0.2, 0.25) is 0 Å². The summed E-state index contributed by atoms with van der Waals surface area (Å²) in [7, 11) is 0. The number of unbranched alkanes of at least 4 members (excludes halogenated alkanes) is 1. The highest BCUT2D eigenvalue weighted by Gasteiger charge is 2.12. The van der Waals surface area contributed by atoms with Gasteiger partial charge in [0, 0.05) is 15.0 Å². The second-order valence-corrected chi connectivity index (χ2v) is 5.69. The maximum absolute atomic E-state index is 3.64. The van der Waals surface area contributed by atoms with Crippen molar-refractivity contribution in [2.45, 2.75) is 39.2 Å². The molecule has 0 aliphatic rings. The zero-order valence-corrected chi connectivity index (χ0v) is 13.1. The van der Waals surface area contributed by atoms with E-state index < -0.39 is 0 Å². The Morgan fingerprint density at radius 1 is 1.25 bits per heavy atom. The average Bonchev–Trinajstić information content (AvgIpc) is 2.25. The Bertz CT molecular complexity index is 326. The fraction of sp³-hybridized carbons (Fsp3) is 0.538. The first-order valence-corrected chi connectivity index (χ1v) is 7.46. The van der Waals surface area contributed by atoms with Gasteiger partial charge in [0.1, 0.15) is 0 Å². The molecule has 0 aliphatic heterocycles. The van der Waals surface area contributed by atoms with Crippen LogP contribution in [0.2, 0.25) is 0 Å². The van der Waals surface area contributed by atoms with Crippen LogP contribution in [0, 0.1) is 0 Å². The molecule has 0 spiro atoms. The van der Waals surface area contributed by atoms with E-state index in [4.69, 9.17) is 0 Å². The molecule has 1 unspecified atom stereocenters. The molecule has 0 aromatic heterocycles. The summed E-state index contributed by atoms with van der Waals surface area (Å²) < 4.78 is 2.30. The van der Waals surface area contributed by atoms with Crippen LogP contribution < -0.4 is 5.32 Å². The SMILES string of the molecule is CCCCC(NCC)c1ccc(Br)cc1Br. The van der Waals surface area contributed by atoms with E-state index in [1.54, 1.807) is 0 Å². The monoisotopic (exact) mass is 347 g/mol.